The third kappa shape index (κ3) is 3.84. The number of H-pyrrole nitrogens is 1. The minimum Gasteiger partial charge on any atom is -0.464 e. The van der Waals surface area contributed by atoms with Crippen molar-refractivity contribution < 1.29 is 14.3 Å². The number of likely N-dealkylation sites (tertiary alicyclic amines) is 1. The van der Waals surface area contributed by atoms with Crippen molar-refractivity contribution in [2.45, 2.75) is 25.8 Å². The van der Waals surface area contributed by atoms with Crippen LogP contribution in [0.2, 0.25) is 0 Å². The van der Waals surface area contributed by atoms with Gasteiger partial charge in [0.1, 0.15) is 5.69 Å². The number of hydrogen-bond donors (Lipinski definition) is 2. The molecule has 1 aliphatic rings. The zero-order valence-electron chi connectivity index (χ0n) is 11.8. The van der Waals surface area contributed by atoms with E-state index in [4.69, 9.17) is 0 Å². The SMILES string of the molecule is COC(=O)c1ccc(CNCCC(=O)N2CCCC2)[nH]1. The van der Waals surface area contributed by atoms with Crippen LogP contribution >= 0.6 is 0 Å². The van der Waals surface area contributed by atoms with Crippen LogP contribution in [0.4, 0.5) is 0 Å². The van der Waals surface area contributed by atoms with E-state index in [1.165, 1.54) is 7.11 Å². The Balaban J connectivity index is 1.66. The van der Waals surface area contributed by atoms with Gasteiger partial charge in [-0.3, -0.25) is 4.79 Å². The summed E-state index contributed by atoms with van der Waals surface area (Å²) in [5.41, 5.74) is 1.34. The standard InChI is InChI=1S/C14H21N3O3/c1-20-14(19)12-5-4-11(16-12)10-15-7-6-13(18)17-8-2-3-9-17/h4-5,15-16H,2-3,6-10H2,1H3. The van der Waals surface area contributed by atoms with Gasteiger partial charge >= 0.3 is 5.97 Å². The lowest BCUT2D eigenvalue weighted by molar-refractivity contribution is -0.130. The summed E-state index contributed by atoms with van der Waals surface area (Å²) in [5.74, 6) is -0.155. The molecule has 0 radical (unpaired) electrons. The molecule has 0 spiro atoms. The number of aromatic amines is 1. The Hall–Kier alpha value is -1.82. The van der Waals surface area contributed by atoms with Gasteiger partial charge in [0.25, 0.3) is 0 Å². The lowest BCUT2D eigenvalue weighted by atomic mass is 10.3. The molecule has 2 heterocycles. The second-order valence-corrected chi connectivity index (χ2v) is 4.90. The fourth-order valence-corrected chi connectivity index (χ4v) is 2.32. The van der Waals surface area contributed by atoms with E-state index in [9.17, 15) is 9.59 Å². The third-order valence-electron chi connectivity index (χ3n) is 3.44. The van der Waals surface area contributed by atoms with E-state index < -0.39 is 0 Å². The molecule has 0 aromatic carbocycles. The molecule has 0 unspecified atom stereocenters. The van der Waals surface area contributed by atoms with Gasteiger partial charge in [-0.2, -0.15) is 0 Å². The average Bonchev–Trinajstić information content (AvgIpc) is 3.13. The fourth-order valence-electron chi connectivity index (χ4n) is 2.32. The summed E-state index contributed by atoms with van der Waals surface area (Å²) in [4.78, 5) is 28.0. The summed E-state index contributed by atoms with van der Waals surface area (Å²) in [7, 11) is 1.35. The minimum absolute atomic E-state index is 0.219. The molecule has 2 N–H and O–H groups in total. The molecule has 6 nitrogen and oxygen atoms in total. The van der Waals surface area contributed by atoms with E-state index in [-0.39, 0.29) is 11.9 Å². The molecule has 1 aliphatic heterocycles. The van der Waals surface area contributed by atoms with Gasteiger partial charge in [0.15, 0.2) is 0 Å². The first kappa shape index (κ1) is 14.6. The van der Waals surface area contributed by atoms with E-state index >= 15 is 0 Å². The molecular weight excluding hydrogens is 258 g/mol. The molecule has 6 heteroatoms. The van der Waals surface area contributed by atoms with Crippen molar-refractivity contribution in [3.63, 3.8) is 0 Å². The van der Waals surface area contributed by atoms with Gasteiger partial charge in [-0.25, -0.2) is 4.79 Å². The lowest BCUT2D eigenvalue weighted by Crippen LogP contribution is -2.30. The lowest BCUT2D eigenvalue weighted by Gasteiger charge is -2.15. The van der Waals surface area contributed by atoms with Gasteiger partial charge in [0.2, 0.25) is 5.91 Å². The number of rotatable bonds is 6. The molecule has 1 saturated heterocycles. The fraction of sp³-hybridized carbons (Fsp3) is 0.571. The highest BCUT2D eigenvalue weighted by atomic mass is 16.5. The maximum absolute atomic E-state index is 11.8. The summed E-state index contributed by atoms with van der Waals surface area (Å²) in [5, 5.41) is 3.20. The molecule has 1 amide bonds. The van der Waals surface area contributed by atoms with E-state index in [1.54, 1.807) is 6.07 Å². The number of nitrogens with one attached hydrogen (secondary N) is 2. The van der Waals surface area contributed by atoms with Crippen LogP contribution in [-0.4, -0.2) is 48.5 Å². The number of amides is 1. The van der Waals surface area contributed by atoms with Crippen molar-refractivity contribution >= 4 is 11.9 Å². The van der Waals surface area contributed by atoms with Crippen molar-refractivity contribution in [1.29, 1.82) is 0 Å². The Morgan fingerprint density at radius 3 is 2.80 bits per heavy atom. The van der Waals surface area contributed by atoms with Crippen LogP contribution in [0.15, 0.2) is 12.1 Å². The van der Waals surface area contributed by atoms with Gasteiger partial charge < -0.3 is 19.9 Å². The Kier molecular flexibility index (Phi) is 5.17. The van der Waals surface area contributed by atoms with E-state index in [2.05, 4.69) is 15.0 Å². The number of ether oxygens (including phenoxy) is 1. The van der Waals surface area contributed by atoms with Crippen molar-refractivity contribution in [2.75, 3.05) is 26.7 Å². The van der Waals surface area contributed by atoms with Gasteiger partial charge in [-0.1, -0.05) is 0 Å². The predicted molar refractivity (Wildman–Crippen MR) is 74.3 cm³/mol. The predicted octanol–water partition coefficient (Wildman–Crippen LogP) is 0.903. The molecule has 0 bridgehead atoms. The largest absolute Gasteiger partial charge is 0.464 e. The first-order valence-electron chi connectivity index (χ1n) is 6.95. The van der Waals surface area contributed by atoms with Crippen molar-refractivity contribution in [1.82, 2.24) is 15.2 Å². The highest BCUT2D eigenvalue weighted by Gasteiger charge is 2.16. The molecule has 20 heavy (non-hydrogen) atoms. The first-order valence-corrected chi connectivity index (χ1v) is 6.95. The number of esters is 1. The van der Waals surface area contributed by atoms with E-state index in [0.29, 0.717) is 25.2 Å². The van der Waals surface area contributed by atoms with Crippen LogP contribution in [-0.2, 0) is 16.1 Å². The second kappa shape index (κ2) is 7.09. The second-order valence-electron chi connectivity index (χ2n) is 4.90. The number of nitrogens with zero attached hydrogens (tertiary/aromatic N) is 1. The first-order chi connectivity index (χ1) is 9.70. The van der Waals surface area contributed by atoms with Crippen LogP contribution in [0.1, 0.15) is 35.4 Å². The monoisotopic (exact) mass is 279 g/mol. The summed E-state index contributed by atoms with van der Waals surface area (Å²) in [6.07, 6.45) is 2.76. The normalized spacial score (nSPS) is 14.6. The number of hydrogen-bond acceptors (Lipinski definition) is 4. The Morgan fingerprint density at radius 2 is 2.10 bits per heavy atom. The van der Waals surface area contributed by atoms with Gasteiger partial charge in [0.05, 0.1) is 7.11 Å². The summed E-state index contributed by atoms with van der Waals surface area (Å²) in [6.45, 7) is 3.04. The van der Waals surface area contributed by atoms with Gasteiger partial charge in [0, 0.05) is 38.3 Å². The van der Waals surface area contributed by atoms with E-state index in [1.807, 2.05) is 11.0 Å². The van der Waals surface area contributed by atoms with Crippen LogP contribution in [0.25, 0.3) is 0 Å². The smallest absolute Gasteiger partial charge is 0.354 e. The molecule has 1 aromatic heterocycles. The Bertz CT molecular complexity index is 464. The van der Waals surface area contributed by atoms with Gasteiger partial charge in [-0.05, 0) is 25.0 Å². The average molecular weight is 279 g/mol. The zero-order valence-corrected chi connectivity index (χ0v) is 11.8. The Morgan fingerprint density at radius 1 is 1.35 bits per heavy atom. The van der Waals surface area contributed by atoms with Crippen LogP contribution in [0, 0.1) is 0 Å². The number of carbonyl (C=O) groups is 2. The van der Waals surface area contributed by atoms with Crippen LogP contribution in [0.5, 0.6) is 0 Å². The molecule has 0 saturated carbocycles. The van der Waals surface area contributed by atoms with Crippen LogP contribution < -0.4 is 5.32 Å². The molecular formula is C14H21N3O3. The molecule has 2 rings (SSSR count). The number of methoxy groups -OCH3 is 1. The summed E-state index contributed by atoms with van der Waals surface area (Å²) in [6, 6.07) is 3.53. The molecule has 110 valence electrons. The van der Waals surface area contributed by atoms with Gasteiger partial charge in [-0.15, -0.1) is 0 Å². The maximum atomic E-state index is 11.8. The molecule has 0 aliphatic carbocycles. The highest BCUT2D eigenvalue weighted by Crippen LogP contribution is 2.08. The highest BCUT2D eigenvalue weighted by molar-refractivity contribution is 5.87. The Labute approximate surface area is 118 Å². The molecule has 1 fully saturated rings. The number of aromatic nitrogens is 1. The number of carbonyl (C=O) groups excluding carboxylic acids is 2. The van der Waals surface area contributed by atoms with Crippen molar-refractivity contribution in [3.8, 4) is 0 Å². The maximum Gasteiger partial charge on any atom is 0.354 e. The van der Waals surface area contributed by atoms with Crippen molar-refractivity contribution in [3.05, 3.63) is 23.5 Å². The topological polar surface area (TPSA) is 74.4 Å². The summed E-state index contributed by atoms with van der Waals surface area (Å²) < 4.78 is 4.62. The minimum atomic E-state index is -0.375. The molecule has 1 aromatic rings. The summed E-state index contributed by atoms with van der Waals surface area (Å²) >= 11 is 0. The molecule has 0 atom stereocenters. The van der Waals surface area contributed by atoms with Crippen LogP contribution in [0.3, 0.4) is 0 Å². The van der Waals surface area contributed by atoms with Crippen molar-refractivity contribution in [2.24, 2.45) is 0 Å². The van der Waals surface area contributed by atoms with E-state index in [0.717, 1.165) is 31.6 Å². The quantitative estimate of drug-likeness (QED) is 0.599. The third-order valence-corrected chi connectivity index (χ3v) is 3.44. The zero-order chi connectivity index (χ0) is 14.4.